The molecular formula is C14H15NOS2. The molecule has 18 heavy (non-hydrogen) atoms. The molecule has 0 atom stereocenters. The first-order chi connectivity index (χ1) is 8.58. The van der Waals surface area contributed by atoms with Gasteiger partial charge in [-0.05, 0) is 30.5 Å². The van der Waals surface area contributed by atoms with E-state index in [2.05, 4.69) is 6.07 Å². The monoisotopic (exact) mass is 277 g/mol. The highest BCUT2D eigenvalue weighted by atomic mass is 32.1. The molecule has 0 aliphatic rings. The zero-order chi connectivity index (χ0) is 13.1. The summed E-state index contributed by atoms with van der Waals surface area (Å²) in [6.45, 7) is 1.85. The number of rotatable bonds is 4. The molecule has 0 spiro atoms. The SMILES string of the molecule is CC(=CN(C)C)C(=O)c1ccc(-c2cccs2)s1. The Balaban J connectivity index is 2.23. The molecule has 2 aromatic rings. The number of hydrogen-bond acceptors (Lipinski definition) is 4. The Morgan fingerprint density at radius 1 is 1.22 bits per heavy atom. The molecule has 0 fully saturated rings. The standard InChI is InChI=1S/C14H15NOS2/c1-10(9-15(2)3)14(16)13-7-6-12(18-13)11-5-4-8-17-11/h4-9H,1-3H3. The summed E-state index contributed by atoms with van der Waals surface area (Å²) >= 11 is 3.25. The van der Waals surface area contributed by atoms with E-state index < -0.39 is 0 Å². The summed E-state index contributed by atoms with van der Waals surface area (Å²) in [5.41, 5.74) is 0.763. The minimum atomic E-state index is 0.108. The number of Topliss-reactive ketones (excluding diaryl/α,β-unsaturated/α-hetero) is 1. The topological polar surface area (TPSA) is 20.3 Å². The third-order valence-corrected chi connectivity index (χ3v) is 4.55. The second-order valence-corrected chi connectivity index (χ2v) is 6.28. The van der Waals surface area contributed by atoms with Gasteiger partial charge in [0, 0.05) is 35.6 Å². The van der Waals surface area contributed by atoms with Crippen molar-refractivity contribution in [2.24, 2.45) is 0 Å². The van der Waals surface area contributed by atoms with Crippen molar-refractivity contribution in [2.75, 3.05) is 14.1 Å². The van der Waals surface area contributed by atoms with Crippen LogP contribution in [0.4, 0.5) is 0 Å². The van der Waals surface area contributed by atoms with Gasteiger partial charge in [0.2, 0.25) is 0 Å². The van der Waals surface area contributed by atoms with Crippen molar-refractivity contribution in [2.45, 2.75) is 6.92 Å². The van der Waals surface area contributed by atoms with E-state index in [9.17, 15) is 4.79 Å². The van der Waals surface area contributed by atoms with Crippen LogP contribution in [0.15, 0.2) is 41.4 Å². The van der Waals surface area contributed by atoms with Crippen LogP contribution in [-0.2, 0) is 0 Å². The average molecular weight is 277 g/mol. The fourth-order valence-electron chi connectivity index (χ4n) is 1.65. The van der Waals surface area contributed by atoms with Crippen LogP contribution < -0.4 is 0 Å². The Morgan fingerprint density at radius 3 is 2.61 bits per heavy atom. The van der Waals surface area contributed by atoms with Crippen LogP contribution in [0.25, 0.3) is 9.75 Å². The first-order valence-electron chi connectivity index (χ1n) is 5.61. The number of carbonyl (C=O) groups is 1. The molecule has 2 aromatic heterocycles. The lowest BCUT2D eigenvalue weighted by molar-refractivity contribution is 0.103. The smallest absolute Gasteiger partial charge is 0.200 e. The van der Waals surface area contributed by atoms with Crippen molar-refractivity contribution in [1.82, 2.24) is 4.90 Å². The van der Waals surface area contributed by atoms with Gasteiger partial charge in [-0.1, -0.05) is 6.07 Å². The first-order valence-corrected chi connectivity index (χ1v) is 7.31. The van der Waals surface area contributed by atoms with Crippen molar-refractivity contribution in [1.29, 1.82) is 0 Å². The normalized spacial score (nSPS) is 11.6. The molecule has 0 aromatic carbocycles. The lowest BCUT2D eigenvalue weighted by Crippen LogP contribution is -2.06. The highest BCUT2D eigenvalue weighted by Crippen LogP contribution is 2.32. The third-order valence-electron chi connectivity index (χ3n) is 2.40. The van der Waals surface area contributed by atoms with Gasteiger partial charge in [-0.3, -0.25) is 4.79 Å². The number of hydrogen-bond donors (Lipinski definition) is 0. The highest BCUT2D eigenvalue weighted by molar-refractivity contribution is 7.22. The lowest BCUT2D eigenvalue weighted by atomic mass is 10.2. The van der Waals surface area contributed by atoms with E-state index in [0.29, 0.717) is 0 Å². The molecule has 2 rings (SSSR count). The minimum Gasteiger partial charge on any atom is -0.383 e. The van der Waals surface area contributed by atoms with Crippen LogP contribution >= 0.6 is 22.7 Å². The molecule has 4 heteroatoms. The van der Waals surface area contributed by atoms with Crippen LogP contribution in [0.5, 0.6) is 0 Å². The Labute approximate surface area is 115 Å². The summed E-state index contributed by atoms with van der Waals surface area (Å²) in [6.07, 6.45) is 1.85. The summed E-state index contributed by atoms with van der Waals surface area (Å²) in [4.78, 5) is 17.2. The maximum atomic E-state index is 12.2. The molecule has 2 heterocycles. The number of thiophene rings is 2. The van der Waals surface area contributed by atoms with Crippen LogP contribution in [0.3, 0.4) is 0 Å². The van der Waals surface area contributed by atoms with Crippen molar-refractivity contribution in [3.05, 3.63) is 46.3 Å². The second-order valence-electron chi connectivity index (χ2n) is 4.25. The van der Waals surface area contributed by atoms with Crippen LogP contribution in [0.1, 0.15) is 16.6 Å². The lowest BCUT2D eigenvalue weighted by Gasteiger charge is -2.06. The van der Waals surface area contributed by atoms with Crippen molar-refractivity contribution in [3.8, 4) is 9.75 Å². The summed E-state index contributed by atoms with van der Waals surface area (Å²) < 4.78 is 0. The van der Waals surface area contributed by atoms with Crippen molar-refractivity contribution in [3.63, 3.8) is 0 Å². The molecule has 0 amide bonds. The van der Waals surface area contributed by atoms with E-state index >= 15 is 0 Å². The third kappa shape index (κ3) is 2.89. The Hall–Kier alpha value is -1.39. The van der Waals surface area contributed by atoms with E-state index in [1.54, 1.807) is 22.7 Å². The molecular weight excluding hydrogens is 262 g/mol. The molecule has 0 aliphatic carbocycles. The fourth-order valence-corrected chi connectivity index (χ4v) is 3.50. The van der Waals surface area contributed by atoms with Gasteiger partial charge >= 0.3 is 0 Å². The summed E-state index contributed by atoms with van der Waals surface area (Å²) in [7, 11) is 3.84. The summed E-state index contributed by atoms with van der Waals surface area (Å²) in [6, 6.07) is 8.04. The number of nitrogens with zero attached hydrogens (tertiary/aromatic N) is 1. The van der Waals surface area contributed by atoms with E-state index in [1.807, 2.05) is 55.7 Å². The van der Waals surface area contributed by atoms with Gasteiger partial charge in [0.25, 0.3) is 0 Å². The summed E-state index contributed by atoms with van der Waals surface area (Å²) in [5.74, 6) is 0.108. The molecule has 0 unspecified atom stereocenters. The molecule has 0 saturated heterocycles. The Bertz CT molecular complexity index is 564. The van der Waals surface area contributed by atoms with Gasteiger partial charge in [0.05, 0.1) is 4.88 Å². The molecule has 0 N–H and O–H groups in total. The van der Waals surface area contributed by atoms with Gasteiger partial charge in [0.1, 0.15) is 0 Å². The number of ketones is 1. The number of carbonyl (C=O) groups excluding carboxylic acids is 1. The first kappa shape index (κ1) is 13.1. The zero-order valence-corrected chi connectivity index (χ0v) is 12.3. The second kappa shape index (κ2) is 5.50. The van der Waals surface area contributed by atoms with E-state index in [-0.39, 0.29) is 5.78 Å². The van der Waals surface area contributed by atoms with E-state index in [1.165, 1.54) is 4.88 Å². The predicted molar refractivity (Wildman–Crippen MR) is 79.4 cm³/mol. The maximum absolute atomic E-state index is 12.2. The largest absolute Gasteiger partial charge is 0.383 e. The van der Waals surface area contributed by atoms with Crippen LogP contribution in [0, 0.1) is 0 Å². The molecule has 94 valence electrons. The quantitative estimate of drug-likeness (QED) is 0.619. The summed E-state index contributed by atoms with van der Waals surface area (Å²) in [5, 5.41) is 2.05. The molecule has 0 radical (unpaired) electrons. The van der Waals surface area contributed by atoms with Crippen LogP contribution in [0.2, 0.25) is 0 Å². The Morgan fingerprint density at radius 2 is 2.00 bits per heavy atom. The zero-order valence-electron chi connectivity index (χ0n) is 10.6. The highest BCUT2D eigenvalue weighted by Gasteiger charge is 2.12. The number of allylic oxidation sites excluding steroid dienone is 1. The predicted octanol–water partition coefficient (Wildman–Crippen LogP) is 4.12. The molecule has 0 saturated carbocycles. The van der Waals surface area contributed by atoms with Gasteiger partial charge in [-0.15, -0.1) is 22.7 Å². The van der Waals surface area contributed by atoms with Gasteiger partial charge in [-0.2, -0.15) is 0 Å². The maximum Gasteiger partial charge on any atom is 0.200 e. The van der Waals surface area contributed by atoms with Crippen molar-refractivity contribution >= 4 is 28.5 Å². The minimum absolute atomic E-state index is 0.108. The van der Waals surface area contributed by atoms with Gasteiger partial charge < -0.3 is 4.90 Å². The molecule has 0 aliphatic heterocycles. The Kier molecular flexibility index (Phi) is 3.99. The molecule has 2 nitrogen and oxygen atoms in total. The van der Waals surface area contributed by atoms with Crippen molar-refractivity contribution < 1.29 is 4.79 Å². The fraction of sp³-hybridized carbons (Fsp3) is 0.214. The average Bonchev–Trinajstić information content (AvgIpc) is 2.97. The van der Waals surface area contributed by atoms with Gasteiger partial charge in [0.15, 0.2) is 5.78 Å². The van der Waals surface area contributed by atoms with E-state index in [4.69, 9.17) is 0 Å². The van der Waals surface area contributed by atoms with E-state index in [0.717, 1.165) is 15.3 Å². The van der Waals surface area contributed by atoms with Crippen LogP contribution in [-0.4, -0.2) is 24.8 Å². The van der Waals surface area contributed by atoms with Gasteiger partial charge in [-0.25, -0.2) is 0 Å². The molecule has 0 bridgehead atoms.